The normalized spacial score (nSPS) is 16.0. The third kappa shape index (κ3) is 2.98. The predicted octanol–water partition coefficient (Wildman–Crippen LogP) is 4.58. The van der Waals surface area contributed by atoms with Crippen LogP contribution in [0.1, 0.15) is 34.7 Å². The molecule has 146 valence electrons. The number of thiazole rings is 1. The Labute approximate surface area is 172 Å². The molecule has 0 fully saturated rings. The maximum absolute atomic E-state index is 12.5. The molecule has 1 atom stereocenters. The van der Waals surface area contributed by atoms with Crippen LogP contribution in [-0.2, 0) is 4.79 Å². The Kier molecular flexibility index (Phi) is 4.13. The molecule has 1 amide bonds. The number of aryl methyl sites for hydroxylation is 2. The van der Waals surface area contributed by atoms with E-state index in [1.807, 2.05) is 25.1 Å². The highest BCUT2D eigenvalue weighted by atomic mass is 32.1. The third-order valence-electron chi connectivity index (χ3n) is 5.35. The van der Waals surface area contributed by atoms with Crippen LogP contribution in [0.2, 0.25) is 0 Å². The Morgan fingerprint density at radius 3 is 2.72 bits per heavy atom. The SMILES string of the molecule is COc1ccc2nc(-n3nc(C)c4c3NC(=O)C[C@@H]4c3ccc(C)cc3)sc2c1. The summed E-state index contributed by atoms with van der Waals surface area (Å²) in [7, 11) is 1.65. The molecule has 2 aromatic heterocycles. The number of hydrogen-bond donors (Lipinski definition) is 1. The smallest absolute Gasteiger partial charge is 0.226 e. The average Bonchev–Trinajstić information content (AvgIpc) is 3.28. The van der Waals surface area contributed by atoms with Crippen LogP contribution in [0, 0.1) is 13.8 Å². The average molecular weight is 404 g/mol. The van der Waals surface area contributed by atoms with Crippen molar-refractivity contribution in [2.45, 2.75) is 26.2 Å². The number of fused-ring (bicyclic) bond motifs is 2. The molecule has 0 aliphatic carbocycles. The molecule has 0 unspecified atom stereocenters. The van der Waals surface area contributed by atoms with Crippen LogP contribution in [0.3, 0.4) is 0 Å². The van der Waals surface area contributed by atoms with E-state index in [0.717, 1.165) is 43.7 Å². The van der Waals surface area contributed by atoms with E-state index >= 15 is 0 Å². The fourth-order valence-electron chi connectivity index (χ4n) is 3.88. The topological polar surface area (TPSA) is 69.0 Å². The number of ether oxygens (including phenoxy) is 1. The molecule has 29 heavy (non-hydrogen) atoms. The maximum atomic E-state index is 12.5. The van der Waals surface area contributed by atoms with Crippen molar-refractivity contribution in [3.8, 4) is 10.9 Å². The minimum atomic E-state index is -0.0115. The summed E-state index contributed by atoms with van der Waals surface area (Å²) in [6.07, 6.45) is 0.416. The molecular formula is C22H20N4O2S. The van der Waals surface area contributed by atoms with Crippen molar-refractivity contribution in [3.63, 3.8) is 0 Å². The van der Waals surface area contributed by atoms with E-state index in [1.54, 1.807) is 11.8 Å². The van der Waals surface area contributed by atoms with Gasteiger partial charge < -0.3 is 10.1 Å². The second-order valence-corrected chi connectivity index (χ2v) is 8.31. The van der Waals surface area contributed by atoms with Crippen molar-refractivity contribution >= 4 is 33.3 Å². The minimum absolute atomic E-state index is 0.00740. The first-order valence-corrected chi connectivity index (χ1v) is 10.3. The number of carbonyl (C=O) groups is 1. The van der Waals surface area contributed by atoms with Crippen molar-refractivity contribution in [3.05, 3.63) is 64.8 Å². The monoisotopic (exact) mass is 404 g/mol. The number of nitrogens with one attached hydrogen (secondary N) is 1. The van der Waals surface area contributed by atoms with Gasteiger partial charge in [0.25, 0.3) is 0 Å². The Morgan fingerprint density at radius 1 is 1.17 bits per heavy atom. The number of rotatable bonds is 3. The molecule has 0 spiro atoms. The van der Waals surface area contributed by atoms with Gasteiger partial charge in [-0.15, -0.1) is 0 Å². The molecule has 2 aromatic carbocycles. The number of nitrogens with zero attached hydrogens (tertiary/aromatic N) is 3. The van der Waals surface area contributed by atoms with Crippen molar-refractivity contribution in [2.24, 2.45) is 0 Å². The van der Waals surface area contributed by atoms with Gasteiger partial charge in [-0.3, -0.25) is 4.79 Å². The Balaban J connectivity index is 1.64. The second kappa shape index (κ2) is 6.70. The number of aromatic nitrogens is 3. The highest BCUT2D eigenvalue weighted by molar-refractivity contribution is 7.20. The van der Waals surface area contributed by atoms with E-state index < -0.39 is 0 Å². The van der Waals surface area contributed by atoms with Gasteiger partial charge in [-0.25, -0.2) is 4.98 Å². The molecule has 6 nitrogen and oxygen atoms in total. The molecule has 0 radical (unpaired) electrons. The molecule has 0 saturated carbocycles. The lowest BCUT2D eigenvalue weighted by molar-refractivity contribution is -0.116. The van der Waals surface area contributed by atoms with Crippen LogP contribution >= 0.6 is 11.3 Å². The number of methoxy groups -OCH3 is 1. The van der Waals surface area contributed by atoms with Crippen LogP contribution in [0.4, 0.5) is 5.82 Å². The third-order valence-corrected chi connectivity index (χ3v) is 6.34. The number of anilines is 1. The lowest BCUT2D eigenvalue weighted by Gasteiger charge is -2.24. The molecular weight excluding hydrogens is 384 g/mol. The van der Waals surface area contributed by atoms with Crippen molar-refractivity contribution in [2.75, 3.05) is 12.4 Å². The quantitative estimate of drug-likeness (QED) is 0.543. The summed E-state index contributed by atoms with van der Waals surface area (Å²) in [4.78, 5) is 17.3. The molecule has 4 aromatic rings. The summed E-state index contributed by atoms with van der Waals surface area (Å²) in [5.74, 6) is 1.49. The summed E-state index contributed by atoms with van der Waals surface area (Å²) in [6, 6.07) is 14.2. The summed E-state index contributed by atoms with van der Waals surface area (Å²) in [5, 5.41) is 8.50. The summed E-state index contributed by atoms with van der Waals surface area (Å²) in [5.41, 5.74) is 5.17. The molecule has 5 rings (SSSR count). The van der Waals surface area contributed by atoms with Gasteiger partial charge in [0.15, 0.2) is 0 Å². The Bertz CT molecular complexity index is 1240. The van der Waals surface area contributed by atoms with E-state index in [1.165, 1.54) is 16.9 Å². The van der Waals surface area contributed by atoms with Gasteiger partial charge in [0.2, 0.25) is 11.0 Å². The van der Waals surface area contributed by atoms with Crippen LogP contribution in [-0.4, -0.2) is 27.8 Å². The van der Waals surface area contributed by atoms with Gasteiger partial charge in [0.1, 0.15) is 11.6 Å². The van der Waals surface area contributed by atoms with Gasteiger partial charge >= 0.3 is 0 Å². The van der Waals surface area contributed by atoms with E-state index in [2.05, 4.69) is 36.5 Å². The molecule has 1 aliphatic rings. The van der Waals surface area contributed by atoms with Crippen LogP contribution < -0.4 is 10.1 Å². The summed E-state index contributed by atoms with van der Waals surface area (Å²) < 4.78 is 8.09. The van der Waals surface area contributed by atoms with Crippen LogP contribution in [0.5, 0.6) is 5.75 Å². The largest absolute Gasteiger partial charge is 0.497 e. The zero-order valence-corrected chi connectivity index (χ0v) is 17.2. The maximum Gasteiger partial charge on any atom is 0.226 e. The molecule has 0 bridgehead atoms. The van der Waals surface area contributed by atoms with Crippen LogP contribution in [0.25, 0.3) is 15.3 Å². The van der Waals surface area contributed by atoms with Crippen molar-refractivity contribution in [1.29, 1.82) is 0 Å². The molecule has 0 saturated heterocycles. The van der Waals surface area contributed by atoms with Gasteiger partial charge in [0, 0.05) is 17.9 Å². The number of carbonyl (C=O) groups excluding carboxylic acids is 1. The Morgan fingerprint density at radius 2 is 1.97 bits per heavy atom. The van der Waals surface area contributed by atoms with E-state index in [9.17, 15) is 4.79 Å². The first-order chi connectivity index (χ1) is 14.0. The standard InChI is InChI=1S/C22H20N4O2S/c1-12-4-6-14(7-5-12)16-11-19(27)24-21-20(16)13(2)25-26(21)22-23-17-9-8-15(28-3)10-18(17)29-22/h4-10,16H,11H2,1-3H3,(H,24,27)/t16-/m1/s1. The van der Waals surface area contributed by atoms with Crippen molar-refractivity contribution < 1.29 is 9.53 Å². The molecule has 7 heteroatoms. The highest BCUT2D eigenvalue weighted by Gasteiger charge is 2.33. The fraction of sp³-hybridized carbons (Fsp3) is 0.227. The number of benzene rings is 2. The Hall–Kier alpha value is -3.19. The van der Waals surface area contributed by atoms with E-state index in [4.69, 9.17) is 14.8 Å². The highest BCUT2D eigenvalue weighted by Crippen LogP contribution is 2.41. The van der Waals surface area contributed by atoms with Gasteiger partial charge in [-0.1, -0.05) is 41.2 Å². The van der Waals surface area contributed by atoms with Gasteiger partial charge in [0.05, 0.1) is 23.0 Å². The lowest BCUT2D eigenvalue weighted by atomic mass is 9.85. The lowest BCUT2D eigenvalue weighted by Crippen LogP contribution is -2.24. The fourth-order valence-corrected chi connectivity index (χ4v) is 4.83. The summed E-state index contributed by atoms with van der Waals surface area (Å²) in [6.45, 7) is 4.05. The predicted molar refractivity (Wildman–Crippen MR) is 114 cm³/mol. The zero-order valence-electron chi connectivity index (χ0n) is 16.4. The molecule has 1 aliphatic heterocycles. The first kappa shape index (κ1) is 17.9. The van der Waals surface area contributed by atoms with Crippen molar-refractivity contribution in [1.82, 2.24) is 14.8 Å². The number of amides is 1. The first-order valence-electron chi connectivity index (χ1n) is 9.44. The minimum Gasteiger partial charge on any atom is -0.497 e. The van der Waals surface area contributed by atoms with Gasteiger partial charge in [-0.05, 0) is 37.6 Å². The van der Waals surface area contributed by atoms with E-state index in [0.29, 0.717) is 6.42 Å². The second-order valence-electron chi connectivity index (χ2n) is 7.31. The number of hydrogen-bond acceptors (Lipinski definition) is 5. The van der Waals surface area contributed by atoms with Gasteiger partial charge in [-0.2, -0.15) is 9.78 Å². The zero-order chi connectivity index (χ0) is 20.1. The van der Waals surface area contributed by atoms with E-state index in [-0.39, 0.29) is 11.8 Å². The molecule has 1 N–H and O–H groups in total. The summed E-state index contributed by atoms with van der Waals surface area (Å²) >= 11 is 1.52. The van der Waals surface area contributed by atoms with Crippen LogP contribution in [0.15, 0.2) is 42.5 Å². The molecule has 3 heterocycles.